The first-order valence-corrected chi connectivity index (χ1v) is 6.14. The van der Waals surface area contributed by atoms with Crippen LogP contribution in [0.4, 0.5) is 0 Å². The summed E-state index contributed by atoms with van der Waals surface area (Å²) in [6.45, 7) is 1.59. The summed E-state index contributed by atoms with van der Waals surface area (Å²) in [6.07, 6.45) is 2.68. The van der Waals surface area contributed by atoms with Crippen LogP contribution in [0.2, 0.25) is 0 Å². The van der Waals surface area contributed by atoms with Gasteiger partial charge in [0.25, 0.3) is 0 Å². The second-order valence-electron chi connectivity index (χ2n) is 4.78. The standard InChI is InChI=1S/C12H18N2O3/c13-9-12(3-6-17-7-4-12)11(16)14-5-1-2-10(14)8-15/h10,15H,1-8H2/t10-/m0/s1. The number of amides is 1. The molecule has 0 unspecified atom stereocenters. The number of nitrogens with zero attached hydrogens (tertiary/aromatic N) is 2. The van der Waals surface area contributed by atoms with Crippen LogP contribution in [0.15, 0.2) is 0 Å². The second-order valence-corrected chi connectivity index (χ2v) is 4.78. The van der Waals surface area contributed by atoms with Gasteiger partial charge in [-0.1, -0.05) is 0 Å². The van der Waals surface area contributed by atoms with Crippen LogP contribution in [0.25, 0.3) is 0 Å². The monoisotopic (exact) mass is 238 g/mol. The molecule has 2 rings (SSSR count). The lowest BCUT2D eigenvalue weighted by atomic mass is 9.80. The summed E-state index contributed by atoms with van der Waals surface area (Å²) in [4.78, 5) is 14.1. The summed E-state index contributed by atoms with van der Waals surface area (Å²) < 4.78 is 5.22. The number of hydrogen-bond donors (Lipinski definition) is 1. The van der Waals surface area contributed by atoms with Gasteiger partial charge in [0.15, 0.2) is 0 Å². The number of carbonyl (C=O) groups excluding carboxylic acids is 1. The molecule has 1 N–H and O–H groups in total. The minimum atomic E-state index is -0.921. The Labute approximate surface area is 101 Å². The fourth-order valence-corrected chi connectivity index (χ4v) is 2.66. The van der Waals surface area contributed by atoms with Crippen LogP contribution >= 0.6 is 0 Å². The molecule has 0 spiro atoms. The van der Waals surface area contributed by atoms with E-state index in [1.165, 1.54) is 0 Å². The van der Waals surface area contributed by atoms with E-state index in [1.807, 2.05) is 0 Å². The molecule has 0 radical (unpaired) electrons. The Morgan fingerprint density at radius 1 is 1.53 bits per heavy atom. The number of aliphatic hydroxyl groups excluding tert-OH is 1. The number of likely N-dealkylation sites (tertiary alicyclic amines) is 1. The van der Waals surface area contributed by atoms with Gasteiger partial charge in [-0.3, -0.25) is 4.79 Å². The van der Waals surface area contributed by atoms with Gasteiger partial charge in [0.05, 0.1) is 18.7 Å². The number of rotatable bonds is 2. The smallest absolute Gasteiger partial charge is 0.243 e. The van der Waals surface area contributed by atoms with Gasteiger partial charge in [-0.05, 0) is 25.7 Å². The summed E-state index contributed by atoms with van der Waals surface area (Å²) in [5.41, 5.74) is -0.921. The zero-order valence-electron chi connectivity index (χ0n) is 9.89. The molecule has 1 atom stereocenters. The molecule has 2 aliphatic heterocycles. The molecule has 5 nitrogen and oxygen atoms in total. The van der Waals surface area contributed by atoms with E-state index in [0.29, 0.717) is 32.6 Å². The predicted molar refractivity (Wildman–Crippen MR) is 59.9 cm³/mol. The average molecular weight is 238 g/mol. The zero-order chi connectivity index (χ0) is 12.3. The van der Waals surface area contributed by atoms with E-state index in [-0.39, 0.29) is 18.6 Å². The van der Waals surface area contributed by atoms with Crippen LogP contribution in [0.5, 0.6) is 0 Å². The van der Waals surface area contributed by atoms with Crippen LogP contribution in [0.1, 0.15) is 25.7 Å². The van der Waals surface area contributed by atoms with Gasteiger partial charge in [-0.15, -0.1) is 0 Å². The molecule has 0 saturated carbocycles. The molecule has 1 amide bonds. The maximum Gasteiger partial charge on any atom is 0.243 e. The second kappa shape index (κ2) is 5.03. The normalized spacial score (nSPS) is 27.8. The van der Waals surface area contributed by atoms with Crippen LogP contribution in [0, 0.1) is 16.7 Å². The molecule has 0 aromatic carbocycles. The highest BCUT2D eigenvalue weighted by Gasteiger charge is 2.45. The zero-order valence-corrected chi connectivity index (χ0v) is 9.89. The molecule has 0 aromatic rings. The SMILES string of the molecule is N#CC1(C(=O)N2CCC[C@H]2CO)CCOCC1. The average Bonchev–Trinajstić information content (AvgIpc) is 2.86. The van der Waals surface area contributed by atoms with E-state index in [2.05, 4.69) is 6.07 Å². The Bertz CT molecular complexity index is 331. The van der Waals surface area contributed by atoms with Gasteiger partial charge >= 0.3 is 0 Å². The van der Waals surface area contributed by atoms with Crippen molar-refractivity contribution in [2.45, 2.75) is 31.7 Å². The molecule has 94 valence electrons. The summed E-state index contributed by atoms with van der Waals surface area (Å²) in [5, 5.41) is 18.6. The van der Waals surface area contributed by atoms with Gasteiger partial charge in [0.2, 0.25) is 5.91 Å². The quantitative estimate of drug-likeness (QED) is 0.750. The van der Waals surface area contributed by atoms with Crippen molar-refractivity contribution in [2.24, 2.45) is 5.41 Å². The Balaban J connectivity index is 2.14. The van der Waals surface area contributed by atoms with Crippen LogP contribution < -0.4 is 0 Å². The largest absolute Gasteiger partial charge is 0.394 e. The van der Waals surface area contributed by atoms with Crippen molar-refractivity contribution < 1.29 is 14.6 Å². The Kier molecular flexibility index (Phi) is 3.65. The van der Waals surface area contributed by atoms with Crippen molar-refractivity contribution in [3.8, 4) is 6.07 Å². The molecule has 0 aromatic heterocycles. The molecule has 2 heterocycles. The summed E-state index contributed by atoms with van der Waals surface area (Å²) >= 11 is 0. The third-order valence-corrected chi connectivity index (χ3v) is 3.82. The Hall–Kier alpha value is -1.12. The predicted octanol–water partition coefficient (Wildman–Crippen LogP) is 0.290. The summed E-state index contributed by atoms with van der Waals surface area (Å²) in [7, 11) is 0. The molecule has 17 heavy (non-hydrogen) atoms. The highest BCUT2D eigenvalue weighted by molar-refractivity contribution is 5.86. The molecular weight excluding hydrogens is 220 g/mol. The van der Waals surface area contributed by atoms with Crippen molar-refractivity contribution in [1.82, 2.24) is 4.90 Å². The van der Waals surface area contributed by atoms with Crippen molar-refractivity contribution in [1.29, 1.82) is 5.26 Å². The van der Waals surface area contributed by atoms with Gasteiger partial charge in [-0.2, -0.15) is 5.26 Å². The third-order valence-electron chi connectivity index (χ3n) is 3.82. The van der Waals surface area contributed by atoms with E-state index in [1.54, 1.807) is 4.90 Å². The first-order valence-electron chi connectivity index (χ1n) is 6.14. The van der Waals surface area contributed by atoms with E-state index < -0.39 is 5.41 Å². The van der Waals surface area contributed by atoms with Gasteiger partial charge < -0.3 is 14.7 Å². The first kappa shape index (κ1) is 12.3. The van der Waals surface area contributed by atoms with Crippen molar-refractivity contribution in [3.63, 3.8) is 0 Å². The minimum Gasteiger partial charge on any atom is -0.394 e. The Morgan fingerprint density at radius 2 is 2.24 bits per heavy atom. The maximum absolute atomic E-state index is 12.5. The van der Waals surface area contributed by atoms with Crippen LogP contribution in [-0.2, 0) is 9.53 Å². The third kappa shape index (κ3) is 2.15. The van der Waals surface area contributed by atoms with E-state index in [9.17, 15) is 15.2 Å². The van der Waals surface area contributed by atoms with Crippen molar-refractivity contribution >= 4 is 5.91 Å². The van der Waals surface area contributed by atoms with Crippen LogP contribution in [-0.4, -0.2) is 48.3 Å². The van der Waals surface area contributed by atoms with Gasteiger partial charge in [-0.25, -0.2) is 0 Å². The van der Waals surface area contributed by atoms with Gasteiger partial charge in [0.1, 0.15) is 5.41 Å². The van der Waals surface area contributed by atoms with E-state index >= 15 is 0 Å². The highest BCUT2D eigenvalue weighted by Crippen LogP contribution is 2.34. The van der Waals surface area contributed by atoms with E-state index in [4.69, 9.17) is 4.74 Å². The number of ether oxygens (including phenoxy) is 1. The lowest BCUT2D eigenvalue weighted by molar-refractivity contribution is -0.145. The fraction of sp³-hybridized carbons (Fsp3) is 0.833. The molecular formula is C12H18N2O3. The maximum atomic E-state index is 12.5. The number of hydrogen-bond acceptors (Lipinski definition) is 4. The fourth-order valence-electron chi connectivity index (χ4n) is 2.66. The Morgan fingerprint density at radius 3 is 2.82 bits per heavy atom. The van der Waals surface area contributed by atoms with Crippen LogP contribution in [0.3, 0.4) is 0 Å². The van der Waals surface area contributed by atoms with Gasteiger partial charge in [0, 0.05) is 19.8 Å². The van der Waals surface area contributed by atoms with Crippen molar-refractivity contribution in [3.05, 3.63) is 0 Å². The molecule has 5 heteroatoms. The topological polar surface area (TPSA) is 73.6 Å². The summed E-state index contributed by atoms with van der Waals surface area (Å²) in [6, 6.07) is 2.08. The number of aliphatic hydroxyl groups is 1. The molecule has 2 aliphatic rings. The molecule has 2 fully saturated rings. The molecule has 0 bridgehead atoms. The lowest BCUT2D eigenvalue weighted by Gasteiger charge is -2.35. The molecule has 0 aliphatic carbocycles. The number of nitriles is 1. The van der Waals surface area contributed by atoms with Crippen molar-refractivity contribution in [2.75, 3.05) is 26.4 Å². The first-order chi connectivity index (χ1) is 8.23. The number of carbonyl (C=O) groups is 1. The lowest BCUT2D eigenvalue weighted by Crippen LogP contribution is -2.48. The molecule has 2 saturated heterocycles. The van der Waals surface area contributed by atoms with E-state index in [0.717, 1.165) is 12.8 Å². The minimum absolute atomic E-state index is 0.0102. The summed E-state index contributed by atoms with van der Waals surface area (Å²) in [5.74, 6) is -0.111. The highest BCUT2D eigenvalue weighted by atomic mass is 16.5.